The Morgan fingerprint density at radius 1 is 1.29 bits per heavy atom. The maximum atomic E-state index is 13.3. The predicted octanol–water partition coefficient (Wildman–Crippen LogP) is 3.56. The number of thioether (sulfide) groups is 1. The van der Waals surface area contributed by atoms with E-state index < -0.39 is 23.9 Å². The summed E-state index contributed by atoms with van der Waals surface area (Å²) in [6.45, 7) is 1.35. The molecule has 2 aromatic carbocycles. The third-order valence-corrected chi connectivity index (χ3v) is 7.24. The number of carbonyl (C=O) groups is 2. The molecule has 182 valence electrons. The van der Waals surface area contributed by atoms with Gasteiger partial charge in [-0.3, -0.25) is 14.5 Å². The minimum Gasteiger partial charge on any atom is -0.392 e. The molecule has 0 unspecified atom stereocenters. The summed E-state index contributed by atoms with van der Waals surface area (Å²) in [5.74, 6) is -0.00914. The molecule has 2 aliphatic heterocycles. The monoisotopic (exact) mass is 493 g/mol. The van der Waals surface area contributed by atoms with E-state index in [1.165, 1.54) is 22.7 Å². The minimum absolute atomic E-state index is 0.0441. The molecule has 2 N–H and O–H groups in total. The van der Waals surface area contributed by atoms with E-state index in [2.05, 4.69) is 5.32 Å². The van der Waals surface area contributed by atoms with Crippen LogP contribution in [-0.2, 0) is 22.2 Å². The number of alkyl halides is 3. The molecule has 2 heterocycles. The number of β-amino-alcohol motifs (C(OH)–C–C–N with tert-alkyl or cyclic N) is 1. The molecule has 1 saturated heterocycles. The molecule has 2 amide bonds. The topological polar surface area (TPSA) is 72.9 Å². The standard InChI is InChI=1S/C24H26F3N3O3S/c1-29(23(33)10-15-5-6-21-19(9-15)28-22(32)14-34-21)20(13-30-8-7-18(31)12-30)16-3-2-4-17(11-16)24(25,26)27/h2-6,9,11,18,20,31H,7-8,10,12-14H2,1H3,(H,28,32)/t18-,20-/m1/s1. The van der Waals surface area contributed by atoms with Crippen LogP contribution in [0.3, 0.4) is 0 Å². The van der Waals surface area contributed by atoms with Crippen molar-refractivity contribution in [3.63, 3.8) is 0 Å². The number of rotatable bonds is 6. The number of hydrogen-bond donors (Lipinski definition) is 2. The average molecular weight is 494 g/mol. The van der Waals surface area contributed by atoms with Gasteiger partial charge in [-0.15, -0.1) is 11.8 Å². The lowest BCUT2D eigenvalue weighted by Crippen LogP contribution is -2.39. The van der Waals surface area contributed by atoms with Crippen molar-refractivity contribution >= 4 is 29.3 Å². The third kappa shape index (κ3) is 5.73. The van der Waals surface area contributed by atoms with Gasteiger partial charge < -0.3 is 15.3 Å². The highest BCUT2D eigenvalue weighted by Crippen LogP contribution is 2.34. The van der Waals surface area contributed by atoms with Gasteiger partial charge in [0, 0.05) is 31.6 Å². The molecule has 0 spiro atoms. The van der Waals surface area contributed by atoms with E-state index in [4.69, 9.17) is 0 Å². The van der Waals surface area contributed by atoms with E-state index >= 15 is 0 Å². The van der Waals surface area contributed by atoms with Crippen LogP contribution in [0.15, 0.2) is 47.4 Å². The van der Waals surface area contributed by atoms with Gasteiger partial charge in [-0.2, -0.15) is 13.2 Å². The van der Waals surface area contributed by atoms with Crippen LogP contribution in [-0.4, -0.2) is 65.3 Å². The van der Waals surface area contributed by atoms with Crippen LogP contribution in [0.5, 0.6) is 0 Å². The van der Waals surface area contributed by atoms with Gasteiger partial charge in [0.1, 0.15) is 0 Å². The maximum absolute atomic E-state index is 13.3. The SMILES string of the molecule is CN(C(=O)Cc1ccc2c(c1)NC(=O)CS2)[C@H](CN1CC[C@@H](O)C1)c1cccc(C(F)(F)F)c1. The van der Waals surface area contributed by atoms with Gasteiger partial charge in [0.2, 0.25) is 11.8 Å². The summed E-state index contributed by atoms with van der Waals surface area (Å²) >= 11 is 1.43. The number of likely N-dealkylation sites (tertiary alicyclic amines) is 1. The second-order valence-electron chi connectivity index (χ2n) is 8.69. The highest BCUT2D eigenvalue weighted by molar-refractivity contribution is 8.00. The molecule has 0 saturated carbocycles. The van der Waals surface area contributed by atoms with E-state index in [0.717, 1.165) is 17.0 Å². The van der Waals surface area contributed by atoms with Crippen molar-refractivity contribution in [2.24, 2.45) is 0 Å². The summed E-state index contributed by atoms with van der Waals surface area (Å²) in [6, 6.07) is 9.89. The Hall–Kier alpha value is -2.56. The molecule has 2 atom stereocenters. The molecule has 2 aromatic rings. The smallest absolute Gasteiger partial charge is 0.392 e. The van der Waals surface area contributed by atoms with Crippen LogP contribution in [0.1, 0.15) is 29.2 Å². The van der Waals surface area contributed by atoms with Crippen LogP contribution in [0.2, 0.25) is 0 Å². The fraction of sp³-hybridized carbons (Fsp3) is 0.417. The first-order chi connectivity index (χ1) is 16.1. The normalized spacial score (nSPS) is 19.4. The molecule has 10 heteroatoms. The Kier molecular flexibility index (Phi) is 7.20. The third-order valence-electron chi connectivity index (χ3n) is 6.17. The number of nitrogens with one attached hydrogen (secondary N) is 1. The number of anilines is 1. The summed E-state index contributed by atoms with van der Waals surface area (Å²) in [7, 11) is 1.59. The van der Waals surface area contributed by atoms with Crippen molar-refractivity contribution in [1.29, 1.82) is 0 Å². The van der Waals surface area contributed by atoms with E-state index in [-0.39, 0.29) is 18.2 Å². The lowest BCUT2D eigenvalue weighted by molar-refractivity contribution is -0.137. The molecule has 0 aromatic heterocycles. The molecular formula is C24H26F3N3O3S. The zero-order valence-corrected chi connectivity index (χ0v) is 19.5. The predicted molar refractivity (Wildman–Crippen MR) is 124 cm³/mol. The Morgan fingerprint density at radius 2 is 2.09 bits per heavy atom. The summed E-state index contributed by atoms with van der Waals surface area (Å²) in [6.07, 6.45) is -4.33. The van der Waals surface area contributed by atoms with Crippen molar-refractivity contribution in [2.45, 2.75) is 36.1 Å². The number of fused-ring (bicyclic) bond motifs is 1. The molecule has 4 rings (SSSR count). The number of amides is 2. The van der Waals surface area contributed by atoms with E-state index in [1.54, 1.807) is 19.2 Å². The van der Waals surface area contributed by atoms with Crippen LogP contribution >= 0.6 is 11.8 Å². The van der Waals surface area contributed by atoms with Crippen molar-refractivity contribution < 1.29 is 27.9 Å². The number of aliphatic hydroxyl groups excluding tert-OH is 1. The number of nitrogens with zero attached hydrogens (tertiary/aromatic N) is 2. The summed E-state index contributed by atoms with van der Waals surface area (Å²) in [5, 5.41) is 12.7. The average Bonchev–Trinajstić information content (AvgIpc) is 3.21. The zero-order chi connectivity index (χ0) is 24.5. The van der Waals surface area contributed by atoms with Crippen LogP contribution in [0.4, 0.5) is 18.9 Å². The lowest BCUT2D eigenvalue weighted by atomic mass is 10.0. The van der Waals surface area contributed by atoms with E-state index in [9.17, 15) is 27.9 Å². The number of benzene rings is 2. The highest BCUT2D eigenvalue weighted by Gasteiger charge is 2.33. The molecular weight excluding hydrogens is 467 g/mol. The van der Waals surface area contributed by atoms with Crippen molar-refractivity contribution in [1.82, 2.24) is 9.80 Å². The second kappa shape index (κ2) is 9.97. The lowest BCUT2D eigenvalue weighted by Gasteiger charge is -2.32. The Morgan fingerprint density at radius 3 is 2.79 bits per heavy atom. The molecule has 0 radical (unpaired) electrons. The fourth-order valence-corrected chi connectivity index (χ4v) is 5.10. The van der Waals surface area contributed by atoms with Gasteiger partial charge in [-0.1, -0.05) is 18.2 Å². The fourth-order valence-electron chi connectivity index (χ4n) is 4.31. The number of aliphatic hydroxyl groups is 1. The molecule has 0 aliphatic carbocycles. The summed E-state index contributed by atoms with van der Waals surface area (Å²) < 4.78 is 40.0. The molecule has 1 fully saturated rings. The molecule has 2 aliphatic rings. The number of carbonyl (C=O) groups excluding carboxylic acids is 2. The van der Waals surface area contributed by atoms with E-state index in [0.29, 0.717) is 48.6 Å². The largest absolute Gasteiger partial charge is 0.416 e. The quantitative estimate of drug-likeness (QED) is 0.644. The Bertz CT molecular complexity index is 1080. The number of hydrogen-bond acceptors (Lipinski definition) is 5. The number of halogens is 3. The van der Waals surface area contributed by atoms with Crippen molar-refractivity contribution in [2.75, 3.05) is 37.8 Å². The van der Waals surface area contributed by atoms with Gasteiger partial charge >= 0.3 is 6.18 Å². The van der Waals surface area contributed by atoms with Gasteiger partial charge in [0.15, 0.2) is 0 Å². The van der Waals surface area contributed by atoms with Crippen LogP contribution in [0, 0.1) is 0 Å². The highest BCUT2D eigenvalue weighted by atomic mass is 32.2. The Labute approximate surface area is 200 Å². The first-order valence-electron chi connectivity index (χ1n) is 11.0. The Balaban J connectivity index is 1.56. The minimum atomic E-state index is -4.49. The first-order valence-corrected chi connectivity index (χ1v) is 12.0. The second-order valence-corrected chi connectivity index (χ2v) is 9.71. The van der Waals surface area contributed by atoms with Gasteiger partial charge in [0.05, 0.1) is 35.6 Å². The van der Waals surface area contributed by atoms with E-state index in [1.807, 2.05) is 17.0 Å². The number of likely N-dealkylation sites (N-methyl/N-ethyl adjacent to an activating group) is 1. The summed E-state index contributed by atoms with van der Waals surface area (Å²) in [4.78, 5) is 29.3. The van der Waals surface area contributed by atoms with Gasteiger partial charge in [0.25, 0.3) is 0 Å². The van der Waals surface area contributed by atoms with Crippen molar-refractivity contribution in [3.05, 3.63) is 59.2 Å². The van der Waals surface area contributed by atoms with Crippen molar-refractivity contribution in [3.8, 4) is 0 Å². The zero-order valence-electron chi connectivity index (χ0n) is 18.6. The van der Waals surface area contributed by atoms with Crippen LogP contribution < -0.4 is 5.32 Å². The molecule has 6 nitrogen and oxygen atoms in total. The first kappa shape index (κ1) is 24.6. The van der Waals surface area contributed by atoms with Gasteiger partial charge in [-0.05, 0) is 41.8 Å². The molecule has 34 heavy (non-hydrogen) atoms. The molecule has 0 bridgehead atoms. The summed E-state index contributed by atoms with van der Waals surface area (Å²) in [5.41, 5.74) is 0.994. The van der Waals surface area contributed by atoms with Gasteiger partial charge in [-0.25, -0.2) is 0 Å². The van der Waals surface area contributed by atoms with Crippen LogP contribution in [0.25, 0.3) is 0 Å². The maximum Gasteiger partial charge on any atom is 0.416 e.